The van der Waals surface area contributed by atoms with Crippen molar-refractivity contribution < 1.29 is 9.21 Å². The summed E-state index contributed by atoms with van der Waals surface area (Å²) in [7, 11) is 0. The number of aryl methyl sites for hydroxylation is 1. The summed E-state index contributed by atoms with van der Waals surface area (Å²) >= 11 is 6.00. The minimum Gasteiger partial charge on any atom is -0.464 e. The summed E-state index contributed by atoms with van der Waals surface area (Å²) in [6.45, 7) is 6.79. The van der Waals surface area contributed by atoms with Gasteiger partial charge in [-0.15, -0.1) is 0 Å². The van der Waals surface area contributed by atoms with Gasteiger partial charge in [0, 0.05) is 23.3 Å². The van der Waals surface area contributed by atoms with Gasteiger partial charge in [-0.2, -0.15) is 0 Å². The number of nitrogens with zero attached hydrogens (tertiary/aromatic N) is 2. The lowest BCUT2D eigenvalue weighted by Gasteiger charge is -2.10. The lowest BCUT2D eigenvalue weighted by atomic mass is 9.95. The number of aromatic nitrogens is 2. The number of pyridine rings is 1. The lowest BCUT2D eigenvalue weighted by molar-refractivity contribution is -0.120. The number of carbonyl (C=O) groups is 1. The molecule has 0 aliphatic carbocycles. The van der Waals surface area contributed by atoms with Crippen LogP contribution in [0.3, 0.4) is 0 Å². The van der Waals surface area contributed by atoms with E-state index in [2.05, 4.69) is 37.1 Å². The van der Waals surface area contributed by atoms with Gasteiger partial charge in [-0.1, -0.05) is 25.4 Å². The van der Waals surface area contributed by atoms with Crippen LogP contribution in [0, 0.1) is 6.92 Å². The number of rotatable bonds is 5. The Morgan fingerprint density at radius 1 is 1.29 bits per heavy atom. The molecule has 3 heterocycles. The molecule has 5 nitrogen and oxygen atoms in total. The van der Waals surface area contributed by atoms with E-state index in [1.807, 2.05) is 22.7 Å². The molecule has 4 rings (SSSR count). The molecule has 0 saturated heterocycles. The number of furan rings is 1. The molecule has 1 N–H and O–H groups in total. The highest BCUT2D eigenvalue weighted by Gasteiger charge is 2.14. The highest BCUT2D eigenvalue weighted by atomic mass is 35.5. The number of imidazole rings is 1. The maximum atomic E-state index is 12.5. The van der Waals surface area contributed by atoms with Gasteiger partial charge in [-0.05, 0) is 48.2 Å². The van der Waals surface area contributed by atoms with E-state index in [0.717, 1.165) is 27.9 Å². The van der Waals surface area contributed by atoms with Crippen LogP contribution in [0.15, 0.2) is 47.3 Å². The van der Waals surface area contributed by atoms with Gasteiger partial charge in [-0.3, -0.25) is 4.79 Å². The van der Waals surface area contributed by atoms with E-state index < -0.39 is 0 Å². The summed E-state index contributed by atoms with van der Waals surface area (Å²) in [5.41, 5.74) is 5.79. The fraction of sp³-hybridized carbons (Fsp3) is 0.273. The first-order valence-electron chi connectivity index (χ1n) is 9.31. The van der Waals surface area contributed by atoms with Crippen LogP contribution in [0.5, 0.6) is 0 Å². The third-order valence-electron chi connectivity index (χ3n) is 4.95. The average Bonchev–Trinajstić information content (AvgIpc) is 3.22. The zero-order chi connectivity index (χ0) is 19.8. The summed E-state index contributed by atoms with van der Waals surface area (Å²) in [6, 6.07) is 7.84. The van der Waals surface area contributed by atoms with Crippen LogP contribution < -0.4 is 5.32 Å². The van der Waals surface area contributed by atoms with Crippen molar-refractivity contribution in [3.8, 4) is 0 Å². The first-order valence-corrected chi connectivity index (χ1v) is 9.69. The first kappa shape index (κ1) is 18.6. The Morgan fingerprint density at radius 3 is 2.89 bits per heavy atom. The number of carbonyl (C=O) groups excluding carboxylic acids is 1. The number of nitrogens with one attached hydrogen (secondary N) is 1. The summed E-state index contributed by atoms with van der Waals surface area (Å²) in [6.07, 6.45) is 5.61. The number of amides is 1. The van der Waals surface area contributed by atoms with Crippen LogP contribution in [-0.2, 0) is 17.8 Å². The molecule has 6 heteroatoms. The number of hydrogen-bond acceptors (Lipinski definition) is 3. The van der Waals surface area contributed by atoms with E-state index in [1.165, 1.54) is 11.1 Å². The van der Waals surface area contributed by atoms with E-state index in [1.54, 1.807) is 18.5 Å². The van der Waals surface area contributed by atoms with E-state index in [-0.39, 0.29) is 12.3 Å². The molecule has 0 unspecified atom stereocenters. The van der Waals surface area contributed by atoms with Crippen molar-refractivity contribution in [2.24, 2.45) is 0 Å². The molecule has 1 amide bonds. The van der Waals surface area contributed by atoms with Crippen LogP contribution in [0.2, 0.25) is 5.02 Å². The molecular weight excluding hydrogens is 374 g/mol. The smallest absolute Gasteiger partial charge is 0.224 e. The normalized spacial score (nSPS) is 11.6. The van der Waals surface area contributed by atoms with E-state index in [4.69, 9.17) is 16.0 Å². The standard InChI is InChI=1S/C22H22ClN3O2/c1-13(2)18-8-19-15(12-28-20(19)6-14(18)3)7-22(27)24-9-17-11-26-10-16(23)4-5-21(26)25-17/h4-6,8,10-13H,7,9H2,1-3H3,(H,24,27). The average molecular weight is 396 g/mol. The van der Waals surface area contributed by atoms with Gasteiger partial charge in [0.05, 0.1) is 29.9 Å². The lowest BCUT2D eigenvalue weighted by Crippen LogP contribution is -2.24. The van der Waals surface area contributed by atoms with Crippen molar-refractivity contribution in [1.29, 1.82) is 0 Å². The molecule has 0 aliphatic rings. The molecule has 0 spiro atoms. The third kappa shape index (κ3) is 3.62. The van der Waals surface area contributed by atoms with Crippen molar-refractivity contribution in [3.63, 3.8) is 0 Å². The quantitative estimate of drug-likeness (QED) is 0.515. The van der Waals surface area contributed by atoms with Crippen molar-refractivity contribution >= 4 is 34.1 Å². The number of benzene rings is 1. The fourth-order valence-corrected chi connectivity index (χ4v) is 3.70. The van der Waals surface area contributed by atoms with Gasteiger partial charge < -0.3 is 14.1 Å². The Morgan fingerprint density at radius 2 is 2.11 bits per heavy atom. The number of hydrogen-bond donors (Lipinski definition) is 1. The largest absolute Gasteiger partial charge is 0.464 e. The van der Waals surface area contributed by atoms with Gasteiger partial charge in [0.1, 0.15) is 11.2 Å². The summed E-state index contributed by atoms with van der Waals surface area (Å²) in [5.74, 6) is 0.356. The molecule has 28 heavy (non-hydrogen) atoms. The molecule has 0 aliphatic heterocycles. The van der Waals surface area contributed by atoms with E-state index in [0.29, 0.717) is 17.5 Å². The molecule has 3 aromatic heterocycles. The van der Waals surface area contributed by atoms with Gasteiger partial charge in [-0.25, -0.2) is 4.98 Å². The Bertz CT molecular complexity index is 1170. The number of halogens is 1. The predicted octanol–water partition coefficient (Wildman–Crippen LogP) is 5.02. The molecule has 1 aromatic carbocycles. The third-order valence-corrected chi connectivity index (χ3v) is 5.17. The van der Waals surface area contributed by atoms with Crippen molar-refractivity contribution in [3.05, 3.63) is 70.3 Å². The van der Waals surface area contributed by atoms with Crippen molar-refractivity contribution in [1.82, 2.24) is 14.7 Å². The minimum atomic E-state index is -0.0653. The molecule has 4 aromatic rings. The van der Waals surface area contributed by atoms with Crippen molar-refractivity contribution in [2.75, 3.05) is 0 Å². The molecule has 0 radical (unpaired) electrons. The Labute approximate surface area is 168 Å². The van der Waals surface area contributed by atoms with E-state index >= 15 is 0 Å². The molecule has 0 fully saturated rings. The van der Waals surface area contributed by atoms with Crippen LogP contribution in [0.25, 0.3) is 16.6 Å². The maximum absolute atomic E-state index is 12.5. The van der Waals surface area contributed by atoms with Crippen LogP contribution in [0.4, 0.5) is 0 Å². The SMILES string of the molecule is Cc1cc2occ(CC(=O)NCc3cn4cc(Cl)ccc4n3)c2cc1C(C)C. The second kappa shape index (κ2) is 7.32. The zero-order valence-corrected chi connectivity index (χ0v) is 16.9. The summed E-state index contributed by atoms with van der Waals surface area (Å²) in [4.78, 5) is 17.0. The van der Waals surface area contributed by atoms with Gasteiger partial charge in [0.2, 0.25) is 5.91 Å². The zero-order valence-electron chi connectivity index (χ0n) is 16.1. The molecule has 144 valence electrons. The molecule has 0 bridgehead atoms. The minimum absolute atomic E-state index is 0.0653. The highest BCUT2D eigenvalue weighted by molar-refractivity contribution is 6.30. The second-order valence-electron chi connectivity index (χ2n) is 7.42. The number of fused-ring (bicyclic) bond motifs is 2. The van der Waals surface area contributed by atoms with E-state index in [9.17, 15) is 4.79 Å². The van der Waals surface area contributed by atoms with Crippen LogP contribution >= 0.6 is 11.6 Å². The monoisotopic (exact) mass is 395 g/mol. The second-order valence-corrected chi connectivity index (χ2v) is 7.86. The predicted molar refractivity (Wildman–Crippen MR) is 111 cm³/mol. The van der Waals surface area contributed by atoms with Gasteiger partial charge in [0.15, 0.2) is 0 Å². The highest BCUT2D eigenvalue weighted by Crippen LogP contribution is 2.29. The molecular formula is C22H22ClN3O2. The van der Waals surface area contributed by atoms with Gasteiger partial charge >= 0.3 is 0 Å². The van der Waals surface area contributed by atoms with Crippen molar-refractivity contribution in [2.45, 2.75) is 39.7 Å². The summed E-state index contributed by atoms with van der Waals surface area (Å²) < 4.78 is 7.52. The Kier molecular flexibility index (Phi) is 4.85. The van der Waals surface area contributed by atoms with Gasteiger partial charge in [0.25, 0.3) is 0 Å². The molecule has 0 atom stereocenters. The van der Waals surface area contributed by atoms with Crippen LogP contribution in [0.1, 0.15) is 42.1 Å². The Balaban J connectivity index is 1.48. The fourth-order valence-electron chi connectivity index (χ4n) is 3.53. The van der Waals surface area contributed by atoms with Crippen LogP contribution in [-0.4, -0.2) is 15.3 Å². The first-order chi connectivity index (χ1) is 13.4. The maximum Gasteiger partial charge on any atom is 0.224 e. The topological polar surface area (TPSA) is 59.5 Å². The molecule has 0 saturated carbocycles. The summed E-state index contributed by atoms with van der Waals surface area (Å²) in [5, 5.41) is 4.59. The Hall–Kier alpha value is -2.79.